The minimum Gasteiger partial charge on any atom is -0.384 e. The maximum atomic E-state index is 12.4. The number of unbranched alkanes of at least 4 members (excludes halogenated alkanes) is 1. The molecule has 256 valence electrons. The third-order valence-electron chi connectivity index (χ3n) is 6.38. The highest BCUT2D eigenvalue weighted by molar-refractivity contribution is 8.76. The lowest BCUT2D eigenvalue weighted by molar-refractivity contribution is -0.140. The van der Waals surface area contributed by atoms with Crippen molar-refractivity contribution in [3.05, 3.63) is 60.8 Å². The molecule has 0 spiro atoms. The van der Waals surface area contributed by atoms with E-state index in [4.69, 9.17) is 9.47 Å². The maximum absolute atomic E-state index is 12.4. The summed E-state index contributed by atoms with van der Waals surface area (Å²) in [7, 11) is 6.41. The zero-order valence-corrected chi connectivity index (χ0v) is 29.9. The molecule has 3 N–H and O–H groups in total. The predicted octanol–water partition coefficient (Wildman–Crippen LogP) is 6.72. The molecule has 0 aromatic carbocycles. The third kappa shape index (κ3) is 26.6. The molecule has 10 heteroatoms. The monoisotopic (exact) mass is 665 g/mol. The van der Waals surface area contributed by atoms with Gasteiger partial charge in [-0.2, -0.15) is 0 Å². The maximum Gasteiger partial charge on any atom is 0.249 e. The molecule has 0 saturated heterocycles. The summed E-state index contributed by atoms with van der Waals surface area (Å²) in [5.41, 5.74) is -0.481. The number of carbonyl (C=O) groups excluding carboxylic acids is 3. The molecule has 8 nitrogen and oxygen atoms in total. The van der Waals surface area contributed by atoms with Crippen molar-refractivity contribution in [3.8, 4) is 0 Å². The molecule has 0 radical (unpaired) electrons. The lowest BCUT2D eigenvalue weighted by Crippen LogP contribution is -2.47. The highest BCUT2D eigenvalue weighted by Gasteiger charge is 2.35. The summed E-state index contributed by atoms with van der Waals surface area (Å²) < 4.78 is 10.5. The van der Waals surface area contributed by atoms with Crippen LogP contribution in [0.25, 0.3) is 0 Å². The SMILES string of the molecule is CC/C=C\C/C=C\C/C=C\C/C=C\C/C=C\CCCC(=O)NCCSSCCNC(=O)CCNC(=O)[C@H](OC)C(C)(C)COC. The number of hydrogen-bond acceptors (Lipinski definition) is 7. The van der Waals surface area contributed by atoms with Crippen molar-refractivity contribution in [2.24, 2.45) is 5.41 Å². The Labute approximate surface area is 281 Å². The molecule has 0 aliphatic carbocycles. The summed E-state index contributed by atoms with van der Waals surface area (Å²) in [5, 5.41) is 8.60. The Morgan fingerprint density at radius 2 is 1.18 bits per heavy atom. The lowest BCUT2D eigenvalue weighted by Gasteiger charge is -2.31. The summed E-state index contributed by atoms with van der Waals surface area (Å²) in [6.45, 7) is 7.76. The largest absolute Gasteiger partial charge is 0.384 e. The van der Waals surface area contributed by atoms with Crippen LogP contribution in [0, 0.1) is 5.41 Å². The number of methoxy groups -OCH3 is 2. The van der Waals surface area contributed by atoms with Crippen molar-refractivity contribution in [3.63, 3.8) is 0 Å². The van der Waals surface area contributed by atoms with Crippen LogP contribution in [0.1, 0.15) is 78.6 Å². The van der Waals surface area contributed by atoms with Crippen LogP contribution in [0.2, 0.25) is 0 Å². The van der Waals surface area contributed by atoms with E-state index in [1.165, 1.54) is 7.11 Å². The lowest BCUT2D eigenvalue weighted by atomic mass is 9.86. The average molecular weight is 666 g/mol. The Kier molecular flexibility index (Phi) is 28.9. The minimum absolute atomic E-state index is 0.0892. The Morgan fingerprint density at radius 3 is 1.67 bits per heavy atom. The van der Waals surface area contributed by atoms with E-state index in [1.54, 1.807) is 28.7 Å². The van der Waals surface area contributed by atoms with Gasteiger partial charge in [-0.1, -0.05) is 103 Å². The van der Waals surface area contributed by atoms with E-state index in [9.17, 15) is 14.4 Å². The van der Waals surface area contributed by atoms with Gasteiger partial charge in [-0.25, -0.2) is 0 Å². The summed E-state index contributed by atoms with van der Waals surface area (Å²) >= 11 is 0. The fourth-order valence-electron chi connectivity index (χ4n) is 4.13. The van der Waals surface area contributed by atoms with Crippen LogP contribution in [0.3, 0.4) is 0 Å². The zero-order chi connectivity index (χ0) is 33.4. The van der Waals surface area contributed by atoms with E-state index < -0.39 is 11.5 Å². The summed E-state index contributed by atoms with van der Waals surface area (Å²) in [4.78, 5) is 36.5. The van der Waals surface area contributed by atoms with Crippen LogP contribution in [0.15, 0.2) is 60.8 Å². The fourth-order valence-corrected chi connectivity index (χ4v) is 5.94. The van der Waals surface area contributed by atoms with Gasteiger partial charge in [0.2, 0.25) is 17.7 Å². The van der Waals surface area contributed by atoms with Crippen molar-refractivity contribution in [2.45, 2.75) is 84.7 Å². The van der Waals surface area contributed by atoms with Crippen molar-refractivity contribution < 1.29 is 23.9 Å². The smallest absolute Gasteiger partial charge is 0.249 e. The normalized spacial score (nSPS) is 13.1. The Morgan fingerprint density at radius 1 is 0.689 bits per heavy atom. The van der Waals surface area contributed by atoms with E-state index in [2.05, 4.69) is 83.6 Å². The molecule has 0 aromatic heterocycles. The van der Waals surface area contributed by atoms with Crippen LogP contribution in [-0.2, 0) is 23.9 Å². The molecule has 1 atom stereocenters. The number of allylic oxidation sites excluding steroid dienone is 10. The molecule has 0 aliphatic heterocycles. The van der Waals surface area contributed by atoms with Gasteiger partial charge in [-0.15, -0.1) is 0 Å². The molecule has 0 saturated carbocycles. The van der Waals surface area contributed by atoms with E-state index in [0.29, 0.717) is 26.1 Å². The van der Waals surface area contributed by atoms with Crippen LogP contribution in [0.4, 0.5) is 0 Å². The number of ether oxygens (including phenoxy) is 2. The molecule has 0 bridgehead atoms. The highest BCUT2D eigenvalue weighted by Crippen LogP contribution is 2.23. The van der Waals surface area contributed by atoms with Crippen molar-refractivity contribution in [1.29, 1.82) is 0 Å². The number of carbonyl (C=O) groups is 3. The van der Waals surface area contributed by atoms with Gasteiger partial charge in [0.1, 0.15) is 6.10 Å². The highest BCUT2D eigenvalue weighted by atomic mass is 33.1. The molecule has 3 amide bonds. The second kappa shape index (κ2) is 30.4. The number of amides is 3. The first kappa shape index (κ1) is 42.7. The zero-order valence-electron chi connectivity index (χ0n) is 28.3. The number of rotatable bonds is 28. The molecular weight excluding hydrogens is 607 g/mol. The first-order valence-electron chi connectivity index (χ1n) is 16.1. The molecule has 0 heterocycles. The van der Waals surface area contributed by atoms with Gasteiger partial charge in [0, 0.05) is 63.6 Å². The first-order chi connectivity index (χ1) is 21.8. The minimum atomic E-state index is -0.659. The van der Waals surface area contributed by atoms with Gasteiger partial charge < -0.3 is 25.4 Å². The molecule has 0 aliphatic rings. The van der Waals surface area contributed by atoms with Crippen molar-refractivity contribution in [1.82, 2.24) is 16.0 Å². The van der Waals surface area contributed by atoms with Gasteiger partial charge >= 0.3 is 0 Å². The van der Waals surface area contributed by atoms with Gasteiger partial charge in [-0.3, -0.25) is 14.4 Å². The van der Waals surface area contributed by atoms with Crippen molar-refractivity contribution >= 4 is 39.3 Å². The predicted molar refractivity (Wildman–Crippen MR) is 193 cm³/mol. The quantitative estimate of drug-likeness (QED) is 0.0484. The summed E-state index contributed by atoms with van der Waals surface area (Å²) in [5.74, 6) is 1.30. The van der Waals surface area contributed by atoms with Crippen molar-refractivity contribution in [2.75, 3.05) is 52.0 Å². The van der Waals surface area contributed by atoms with Gasteiger partial charge in [0.25, 0.3) is 0 Å². The van der Waals surface area contributed by atoms with Gasteiger partial charge in [0.15, 0.2) is 0 Å². The second-order valence-electron chi connectivity index (χ2n) is 11.0. The van der Waals surface area contributed by atoms with E-state index in [1.807, 2.05) is 13.8 Å². The van der Waals surface area contributed by atoms with E-state index >= 15 is 0 Å². The summed E-state index contributed by atoms with van der Waals surface area (Å²) in [6, 6.07) is 0. The fraction of sp³-hybridized carbons (Fsp3) is 0.629. The Balaban J connectivity index is 3.67. The average Bonchev–Trinajstić information content (AvgIpc) is 3.00. The first-order valence-corrected chi connectivity index (χ1v) is 18.6. The standard InChI is InChI=1S/C35H59N3O5S2/c1-6-7-8-9-10-11-12-13-14-15-16-17-18-19-20-21-22-23-31(39)36-26-28-44-45-29-27-37-32(40)24-25-38-34(41)33(43-5)35(2,3)30-42-4/h7-8,10-11,13-14,16-17,19-20,33H,6,9,12,15,18,21-30H2,1-5H3,(H,36,39)(H,37,40)(H,38,41)/b8-7-,11-10-,14-13-,17-16-,20-19-/t33-/m0/s1. The Hall–Kier alpha value is -2.27. The van der Waals surface area contributed by atoms with Crippen LogP contribution in [0.5, 0.6) is 0 Å². The molecule has 45 heavy (non-hydrogen) atoms. The molecule has 0 aromatic rings. The van der Waals surface area contributed by atoms with Crippen LogP contribution in [-0.4, -0.2) is 75.8 Å². The van der Waals surface area contributed by atoms with Crippen LogP contribution >= 0.6 is 21.6 Å². The molecular formula is C35H59N3O5S2. The second-order valence-corrected chi connectivity index (χ2v) is 13.7. The van der Waals surface area contributed by atoms with Gasteiger partial charge in [-0.05, 0) is 44.9 Å². The van der Waals surface area contributed by atoms with Crippen LogP contribution < -0.4 is 16.0 Å². The molecule has 0 rings (SSSR count). The van der Waals surface area contributed by atoms with E-state index in [0.717, 1.165) is 56.5 Å². The Bertz CT molecular complexity index is 932. The molecule has 0 fully saturated rings. The topological polar surface area (TPSA) is 106 Å². The van der Waals surface area contributed by atoms with E-state index in [-0.39, 0.29) is 30.7 Å². The summed E-state index contributed by atoms with van der Waals surface area (Å²) in [6.07, 6.45) is 28.7. The third-order valence-corrected chi connectivity index (χ3v) is 8.79. The molecule has 0 unspecified atom stereocenters. The number of hydrogen-bond donors (Lipinski definition) is 3. The number of nitrogens with one attached hydrogen (secondary N) is 3. The van der Waals surface area contributed by atoms with Gasteiger partial charge in [0.05, 0.1) is 6.61 Å².